The Morgan fingerprint density at radius 1 is 1.44 bits per heavy atom. The lowest BCUT2D eigenvalue weighted by Gasteiger charge is -2.40. The predicted molar refractivity (Wildman–Crippen MR) is 68.1 cm³/mol. The molecule has 0 aromatic heterocycles. The van der Waals surface area contributed by atoms with Crippen molar-refractivity contribution in [1.82, 2.24) is 0 Å². The van der Waals surface area contributed by atoms with Crippen molar-refractivity contribution < 1.29 is 14.3 Å². The molecule has 1 heterocycles. The molecule has 0 bridgehead atoms. The van der Waals surface area contributed by atoms with Crippen molar-refractivity contribution in [1.29, 1.82) is 0 Å². The molecule has 3 nitrogen and oxygen atoms in total. The van der Waals surface area contributed by atoms with Gasteiger partial charge in [0.2, 0.25) is 0 Å². The van der Waals surface area contributed by atoms with E-state index in [1.807, 2.05) is 6.08 Å². The monoisotopic (exact) mass is 244 g/mol. The maximum absolute atomic E-state index is 9.94. The zero-order valence-corrected chi connectivity index (χ0v) is 12.1. The minimum Gasteiger partial charge on any atom is -0.414 e. The Balaban J connectivity index is 2.79. The van der Waals surface area contributed by atoms with E-state index in [1.165, 1.54) is 0 Å². The Kier molecular flexibility index (Phi) is 4.73. The van der Waals surface area contributed by atoms with Crippen LogP contribution in [-0.4, -0.2) is 39.1 Å². The lowest BCUT2D eigenvalue weighted by Crippen LogP contribution is -2.50. The molecule has 16 heavy (non-hydrogen) atoms. The summed E-state index contributed by atoms with van der Waals surface area (Å²) in [6.07, 6.45) is 2.83. The second-order valence-electron chi connectivity index (χ2n) is 5.69. The van der Waals surface area contributed by atoms with Crippen molar-refractivity contribution in [2.45, 2.75) is 52.2 Å². The fourth-order valence-corrected chi connectivity index (χ4v) is 3.05. The van der Waals surface area contributed by atoms with Gasteiger partial charge in [0.1, 0.15) is 12.2 Å². The maximum Gasteiger partial charge on any atom is 0.171 e. The molecule has 0 fully saturated rings. The zero-order valence-electron chi connectivity index (χ0n) is 10.9. The van der Waals surface area contributed by atoms with Crippen LogP contribution in [0.3, 0.4) is 0 Å². The van der Waals surface area contributed by atoms with Gasteiger partial charge in [-0.05, 0) is 18.5 Å². The minimum absolute atomic E-state index is 0.0197. The fourth-order valence-electron chi connectivity index (χ4n) is 1.90. The van der Waals surface area contributed by atoms with Crippen molar-refractivity contribution >= 4 is 9.04 Å². The second kappa shape index (κ2) is 5.45. The van der Waals surface area contributed by atoms with E-state index in [4.69, 9.17) is 9.16 Å². The van der Waals surface area contributed by atoms with Gasteiger partial charge in [-0.3, -0.25) is 0 Å². The molecule has 0 aromatic rings. The molecule has 94 valence electrons. The third kappa shape index (κ3) is 3.70. The number of aliphatic hydroxyl groups excluding tert-OH is 1. The predicted octanol–water partition coefficient (Wildman–Crippen LogP) is 1.72. The second-order valence-corrected chi connectivity index (χ2v) is 8.06. The van der Waals surface area contributed by atoms with Gasteiger partial charge in [-0.1, -0.05) is 32.9 Å². The largest absolute Gasteiger partial charge is 0.414 e. The highest BCUT2D eigenvalue weighted by atomic mass is 28.3. The summed E-state index contributed by atoms with van der Waals surface area (Å²) in [6.45, 7) is 11.2. The van der Waals surface area contributed by atoms with Gasteiger partial charge in [-0.15, -0.1) is 0 Å². The molecule has 0 aromatic carbocycles. The minimum atomic E-state index is -1.14. The van der Waals surface area contributed by atoms with Crippen molar-refractivity contribution in [3.8, 4) is 0 Å². The van der Waals surface area contributed by atoms with Gasteiger partial charge in [-0.25, -0.2) is 0 Å². The number of hydrogen-bond donors (Lipinski definition) is 1. The molecule has 0 spiro atoms. The van der Waals surface area contributed by atoms with E-state index in [-0.39, 0.29) is 17.6 Å². The SMILES string of the molecule is C[SiH](C)OC([C@H]1OCC=C[C@@H]1O)C(C)(C)C. The van der Waals surface area contributed by atoms with Crippen LogP contribution in [0.25, 0.3) is 0 Å². The van der Waals surface area contributed by atoms with Gasteiger partial charge in [0, 0.05) is 0 Å². The molecule has 0 radical (unpaired) electrons. The van der Waals surface area contributed by atoms with Crippen molar-refractivity contribution in [2.75, 3.05) is 6.61 Å². The first kappa shape index (κ1) is 13.9. The third-order valence-electron chi connectivity index (χ3n) is 2.63. The van der Waals surface area contributed by atoms with E-state index in [2.05, 4.69) is 33.9 Å². The van der Waals surface area contributed by atoms with E-state index in [1.54, 1.807) is 6.08 Å². The topological polar surface area (TPSA) is 38.7 Å². The molecule has 1 N–H and O–H groups in total. The van der Waals surface area contributed by atoms with E-state index >= 15 is 0 Å². The molecule has 1 aliphatic rings. The van der Waals surface area contributed by atoms with E-state index in [0.717, 1.165) is 0 Å². The molecule has 1 rings (SSSR count). The first-order valence-corrected chi connectivity index (χ1v) is 8.72. The summed E-state index contributed by atoms with van der Waals surface area (Å²) in [5, 5.41) is 9.94. The van der Waals surface area contributed by atoms with Crippen LogP contribution in [0.4, 0.5) is 0 Å². The van der Waals surface area contributed by atoms with Crippen LogP contribution in [-0.2, 0) is 9.16 Å². The molecule has 4 heteroatoms. The molecule has 1 unspecified atom stereocenters. The van der Waals surface area contributed by atoms with Crippen LogP contribution in [0.2, 0.25) is 13.1 Å². The van der Waals surface area contributed by atoms with Crippen LogP contribution in [0.15, 0.2) is 12.2 Å². The Hall–Kier alpha value is -0.163. The summed E-state index contributed by atoms with van der Waals surface area (Å²) in [5.41, 5.74) is -0.0197. The van der Waals surface area contributed by atoms with E-state index in [9.17, 15) is 5.11 Å². The fraction of sp³-hybridized carbons (Fsp3) is 0.833. The Morgan fingerprint density at radius 3 is 2.50 bits per heavy atom. The summed E-state index contributed by atoms with van der Waals surface area (Å²) in [5.74, 6) is 0. The van der Waals surface area contributed by atoms with Gasteiger partial charge in [0.05, 0.1) is 12.7 Å². The molecule has 0 aliphatic carbocycles. The maximum atomic E-state index is 9.94. The lowest BCUT2D eigenvalue weighted by molar-refractivity contribution is -0.109. The first-order chi connectivity index (χ1) is 7.32. The molecular formula is C12H24O3Si. The Labute approximate surface area is 100 Å². The smallest absolute Gasteiger partial charge is 0.171 e. The summed E-state index contributed by atoms with van der Waals surface area (Å²) >= 11 is 0. The van der Waals surface area contributed by atoms with Crippen LogP contribution in [0, 0.1) is 5.41 Å². The average Bonchev–Trinajstić information content (AvgIpc) is 2.13. The Bertz CT molecular complexity index is 245. The molecular weight excluding hydrogens is 220 g/mol. The van der Waals surface area contributed by atoms with Crippen LogP contribution in [0.1, 0.15) is 20.8 Å². The summed E-state index contributed by atoms with van der Waals surface area (Å²) in [6, 6.07) is 0. The highest BCUT2D eigenvalue weighted by Gasteiger charge is 2.38. The summed E-state index contributed by atoms with van der Waals surface area (Å²) in [7, 11) is -1.14. The molecule has 0 saturated carbocycles. The number of ether oxygens (including phenoxy) is 1. The standard InChI is InChI=1S/C12H24O3Si/c1-12(2,3)11(15-16(4)5)10-9(13)7-6-8-14-10/h6-7,9-11,13,16H,8H2,1-5H3/t9-,10-,11?/m0/s1. The van der Waals surface area contributed by atoms with Crippen LogP contribution in [0.5, 0.6) is 0 Å². The molecule has 0 amide bonds. The van der Waals surface area contributed by atoms with Crippen molar-refractivity contribution in [3.05, 3.63) is 12.2 Å². The Morgan fingerprint density at radius 2 is 2.06 bits per heavy atom. The van der Waals surface area contributed by atoms with Crippen molar-refractivity contribution in [2.24, 2.45) is 5.41 Å². The van der Waals surface area contributed by atoms with Gasteiger partial charge in [0.15, 0.2) is 9.04 Å². The summed E-state index contributed by atoms with van der Waals surface area (Å²) < 4.78 is 11.7. The van der Waals surface area contributed by atoms with Crippen LogP contribution < -0.4 is 0 Å². The van der Waals surface area contributed by atoms with E-state index in [0.29, 0.717) is 6.61 Å². The summed E-state index contributed by atoms with van der Waals surface area (Å²) in [4.78, 5) is 0. The molecule has 0 saturated heterocycles. The highest BCUT2D eigenvalue weighted by molar-refractivity contribution is 6.48. The van der Waals surface area contributed by atoms with E-state index < -0.39 is 15.1 Å². The van der Waals surface area contributed by atoms with Gasteiger partial charge < -0.3 is 14.3 Å². The van der Waals surface area contributed by atoms with Gasteiger partial charge in [-0.2, -0.15) is 0 Å². The third-order valence-corrected chi connectivity index (χ3v) is 3.46. The average molecular weight is 244 g/mol. The zero-order chi connectivity index (χ0) is 12.3. The highest BCUT2D eigenvalue weighted by Crippen LogP contribution is 2.30. The molecule has 3 atom stereocenters. The number of aliphatic hydroxyl groups is 1. The van der Waals surface area contributed by atoms with Crippen molar-refractivity contribution in [3.63, 3.8) is 0 Å². The van der Waals surface area contributed by atoms with Gasteiger partial charge in [0.25, 0.3) is 0 Å². The van der Waals surface area contributed by atoms with Crippen LogP contribution >= 0.6 is 0 Å². The number of hydrogen-bond acceptors (Lipinski definition) is 3. The van der Waals surface area contributed by atoms with Gasteiger partial charge >= 0.3 is 0 Å². The molecule has 1 aliphatic heterocycles. The first-order valence-electron chi connectivity index (χ1n) is 5.94. The lowest BCUT2D eigenvalue weighted by atomic mass is 9.83. The number of rotatable bonds is 3. The normalized spacial score (nSPS) is 28.4. The quantitative estimate of drug-likeness (QED) is 0.607.